The number of carbonyl (C=O) groups excluding carboxylic acids is 1. The molecule has 1 aliphatic rings. The van der Waals surface area contributed by atoms with Crippen LogP contribution in [0, 0.1) is 11.3 Å². The van der Waals surface area contributed by atoms with Crippen LogP contribution < -0.4 is 5.32 Å². The second-order valence-electron chi connectivity index (χ2n) is 3.81. The van der Waals surface area contributed by atoms with Gasteiger partial charge in [-0.25, -0.2) is 4.79 Å². The predicted molar refractivity (Wildman–Crippen MR) is 62.7 cm³/mol. The number of nitriles is 1. The molecule has 1 aliphatic heterocycles. The topological polar surface area (TPSA) is 62.1 Å². The Hall–Kier alpha value is -2.28. The number of methoxy groups -OCH3 is 1. The van der Waals surface area contributed by atoms with Crippen LogP contribution in [-0.2, 0) is 9.53 Å². The minimum absolute atomic E-state index is 0.259. The third-order valence-electron chi connectivity index (χ3n) is 2.75. The van der Waals surface area contributed by atoms with Gasteiger partial charge < -0.3 is 10.1 Å². The summed E-state index contributed by atoms with van der Waals surface area (Å²) < 4.78 is 4.68. The van der Waals surface area contributed by atoms with E-state index < -0.39 is 0 Å². The van der Waals surface area contributed by atoms with E-state index in [1.165, 1.54) is 7.11 Å². The van der Waals surface area contributed by atoms with E-state index in [4.69, 9.17) is 5.26 Å². The monoisotopic (exact) mass is 228 g/mol. The molecule has 1 heterocycles. The Bertz CT molecular complexity index is 497. The minimum atomic E-state index is -0.300. The predicted octanol–water partition coefficient (Wildman–Crippen LogP) is 1.43. The Balaban J connectivity index is 2.10. The number of rotatable bonds is 2. The van der Waals surface area contributed by atoms with Gasteiger partial charge >= 0.3 is 5.97 Å². The number of ether oxygens (including phenoxy) is 1. The van der Waals surface area contributed by atoms with Crippen molar-refractivity contribution in [1.29, 1.82) is 5.26 Å². The minimum Gasteiger partial charge on any atom is -0.467 e. The Kier molecular flexibility index (Phi) is 3.10. The molecule has 0 aliphatic carbocycles. The molecule has 1 atom stereocenters. The number of nitrogens with zero attached hydrogens (tertiary/aromatic N) is 1. The van der Waals surface area contributed by atoms with Crippen LogP contribution >= 0.6 is 0 Å². The molecule has 0 bridgehead atoms. The fourth-order valence-corrected chi connectivity index (χ4v) is 1.79. The van der Waals surface area contributed by atoms with Crippen molar-refractivity contribution in [3.8, 4) is 6.07 Å². The Morgan fingerprint density at radius 2 is 2.18 bits per heavy atom. The van der Waals surface area contributed by atoms with Crippen molar-refractivity contribution in [1.82, 2.24) is 5.32 Å². The molecule has 0 radical (unpaired) electrons. The van der Waals surface area contributed by atoms with Gasteiger partial charge in [0.1, 0.15) is 6.04 Å². The molecule has 4 heteroatoms. The third kappa shape index (κ3) is 2.28. The largest absolute Gasteiger partial charge is 0.467 e. The molecule has 2 rings (SSSR count). The van der Waals surface area contributed by atoms with E-state index in [-0.39, 0.29) is 12.0 Å². The lowest BCUT2D eigenvalue weighted by Crippen LogP contribution is -2.30. The molecule has 1 unspecified atom stereocenters. The van der Waals surface area contributed by atoms with Crippen molar-refractivity contribution in [2.45, 2.75) is 12.5 Å². The first-order chi connectivity index (χ1) is 8.24. The van der Waals surface area contributed by atoms with Crippen molar-refractivity contribution in [2.24, 2.45) is 0 Å². The van der Waals surface area contributed by atoms with Gasteiger partial charge in [0.15, 0.2) is 0 Å². The summed E-state index contributed by atoms with van der Waals surface area (Å²) in [5.41, 5.74) is 2.69. The Morgan fingerprint density at radius 1 is 1.47 bits per heavy atom. The van der Waals surface area contributed by atoms with Gasteiger partial charge in [-0.3, -0.25) is 0 Å². The first-order valence-electron chi connectivity index (χ1n) is 5.28. The van der Waals surface area contributed by atoms with Crippen LogP contribution in [0.25, 0.3) is 5.57 Å². The molecule has 1 aromatic carbocycles. The lowest BCUT2D eigenvalue weighted by Gasteiger charge is -2.08. The zero-order valence-corrected chi connectivity index (χ0v) is 9.43. The number of benzene rings is 1. The number of hydrogen-bond donors (Lipinski definition) is 1. The van der Waals surface area contributed by atoms with E-state index in [2.05, 4.69) is 16.1 Å². The summed E-state index contributed by atoms with van der Waals surface area (Å²) in [4.78, 5) is 11.3. The van der Waals surface area contributed by atoms with Crippen molar-refractivity contribution in [3.63, 3.8) is 0 Å². The van der Waals surface area contributed by atoms with Crippen molar-refractivity contribution < 1.29 is 9.53 Å². The van der Waals surface area contributed by atoms with Crippen molar-refractivity contribution in [3.05, 3.63) is 41.6 Å². The van der Waals surface area contributed by atoms with Gasteiger partial charge in [0.25, 0.3) is 0 Å². The normalized spacial score (nSPS) is 17.9. The highest BCUT2D eigenvalue weighted by molar-refractivity contribution is 5.82. The van der Waals surface area contributed by atoms with Gasteiger partial charge in [0, 0.05) is 12.6 Å². The SMILES string of the molecule is COC(=O)C1CC(c2ccc(C#N)cc2)=CN1. The average molecular weight is 228 g/mol. The second kappa shape index (κ2) is 4.71. The maximum absolute atomic E-state index is 11.3. The van der Waals surface area contributed by atoms with Crippen LogP contribution in [0.15, 0.2) is 30.5 Å². The molecule has 0 fully saturated rings. The van der Waals surface area contributed by atoms with Crippen LogP contribution in [0.1, 0.15) is 17.5 Å². The molecule has 0 amide bonds. The second-order valence-corrected chi connectivity index (χ2v) is 3.81. The van der Waals surface area contributed by atoms with E-state index >= 15 is 0 Å². The number of nitrogens with one attached hydrogen (secondary N) is 1. The Morgan fingerprint density at radius 3 is 2.76 bits per heavy atom. The molecular formula is C13H12N2O2. The number of esters is 1. The van der Waals surface area contributed by atoms with Gasteiger partial charge in [-0.1, -0.05) is 12.1 Å². The van der Waals surface area contributed by atoms with Crippen LogP contribution in [0.3, 0.4) is 0 Å². The maximum Gasteiger partial charge on any atom is 0.328 e. The third-order valence-corrected chi connectivity index (χ3v) is 2.75. The van der Waals surface area contributed by atoms with E-state index in [1.54, 1.807) is 12.1 Å². The van der Waals surface area contributed by atoms with Crippen molar-refractivity contribution in [2.75, 3.05) is 7.11 Å². The summed E-state index contributed by atoms with van der Waals surface area (Å²) in [7, 11) is 1.38. The molecule has 1 N–H and O–H groups in total. The lowest BCUT2D eigenvalue weighted by molar-refractivity contribution is -0.142. The van der Waals surface area contributed by atoms with Gasteiger partial charge in [0.05, 0.1) is 18.7 Å². The van der Waals surface area contributed by atoms with Gasteiger partial charge in [0.2, 0.25) is 0 Å². The lowest BCUT2D eigenvalue weighted by atomic mass is 10.0. The van der Waals surface area contributed by atoms with Gasteiger partial charge in [-0.15, -0.1) is 0 Å². The van der Waals surface area contributed by atoms with Crippen molar-refractivity contribution >= 4 is 11.5 Å². The first-order valence-corrected chi connectivity index (χ1v) is 5.28. The Labute approximate surface area is 99.5 Å². The van der Waals surface area contributed by atoms with Crippen LogP contribution in [0.5, 0.6) is 0 Å². The summed E-state index contributed by atoms with van der Waals surface area (Å²) >= 11 is 0. The van der Waals surface area contributed by atoms with Crippen LogP contribution in [0.4, 0.5) is 0 Å². The molecule has 0 spiro atoms. The zero-order chi connectivity index (χ0) is 12.3. The highest BCUT2D eigenvalue weighted by atomic mass is 16.5. The highest BCUT2D eigenvalue weighted by Gasteiger charge is 2.24. The summed E-state index contributed by atoms with van der Waals surface area (Å²) in [6, 6.07) is 9.06. The molecule has 86 valence electrons. The molecule has 0 saturated carbocycles. The number of carbonyl (C=O) groups is 1. The smallest absolute Gasteiger partial charge is 0.328 e. The summed E-state index contributed by atoms with van der Waals surface area (Å²) in [5, 5.41) is 11.7. The standard InChI is InChI=1S/C13H12N2O2/c1-17-13(16)12-6-11(8-15-12)10-4-2-9(7-14)3-5-10/h2-5,8,12,15H,6H2,1H3. The molecule has 4 nitrogen and oxygen atoms in total. The first kappa shape index (κ1) is 11.2. The highest BCUT2D eigenvalue weighted by Crippen LogP contribution is 2.24. The maximum atomic E-state index is 11.3. The summed E-state index contributed by atoms with van der Waals surface area (Å²) in [6.07, 6.45) is 2.43. The summed E-state index contributed by atoms with van der Waals surface area (Å²) in [5.74, 6) is -0.259. The van der Waals surface area contributed by atoms with Gasteiger partial charge in [-0.2, -0.15) is 5.26 Å². The van der Waals surface area contributed by atoms with E-state index in [1.807, 2.05) is 18.3 Å². The number of hydrogen-bond acceptors (Lipinski definition) is 4. The summed E-state index contributed by atoms with van der Waals surface area (Å²) in [6.45, 7) is 0. The fraction of sp³-hybridized carbons (Fsp3) is 0.231. The quantitative estimate of drug-likeness (QED) is 0.778. The average Bonchev–Trinajstić information content (AvgIpc) is 2.87. The zero-order valence-electron chi connectivity index (χ0n) is 9.43. The fourth-order valence-electron chi connectivity index (χ4n) is 1.79. The molecule has 1 aromatic rings. The van der Waals surface area contributed by atoms with E-state index in [0.29, 0.717) is 12.0 Å². The van der Waals surface area contributed by atoms with Gasteiger partial charge in [-0.05, 0) is 23.3 Å². The molecule has 0 saturated heterocycles. The molecule has 17 heavy (non-hydrogen) atoms. The molecule has 0 aromatic heterocycles. The van der Waals surface area contributed by atoms with E-state index in [9.17, 15) is 4.79 Å². The van der Waals surface area contributed by atoms with E-state index in [0.717, 1.165) is 11.1 Å². The van der Waals surface area contributed by atoms with Crippen LogP contribution in [0.2, 0.25) is 0 Å². The molecular weight excluding hydrogens is 216 g/mol. The van der Waals surface area contributed by atoms with Crippen LogP contribution in [-0.4, -0.2) is 19.1 Å².